The van der Waals surface area contributed by atoms with Crippen molar-refractivity contribution in [2.24, 2.45) is 52.2 Å². The molecule has 0 aromatic carbocycles. The molecule has 2 fully saturated rings. The van der Waals surface area contributed by atoms with Crippen LogP contribution >= 0.6 is 0 Å². The second-order valence-corrected chi connectivity index (χ2v) is 21.9. The maximum atomic E-state index is 11.5. The van der Waals surface area contributed by atoms with E-state index in [-0.39, 0.29) is 40.9 Å². The number of unbranched alkanes of at least 4 members (excludes halogenated alkanes) is 1. The zero-order valence-electron chi connectivity index (χ0n) is 61.6. The lowest BCUT2D eigenvalue weighted by atomic mass is 9.91. The third kappa shape index (κ3) is 216. The van der Waals surface area contributed by atoms with Crippen LogP contribution in [0, 0.1) is 52.2 Å². The van der Waals surface area contributed by atoms with Crippen molar-refractivity contribution in [2.75, 3.05) is 0 Å². The average molecular weight is 1010 g/mol. The molecule has 0 amide bonds. The molecule has 0 unspecified atom stereocenters. The van der Waals surface area contributed by atoms with Gasteiger partial charge in [-0.05, 0) is 52.2 Å². The van der Waals surface area contributed by atoms with Gasteiger partial charge in [0, 0.05) is 25.2 Å². The predicted molar refractivity (Wildman–Crippen MR) is 310 cm³/mol. The van der Waals surface area contributed by atoms with E-state index < -0.39 is 44.3 Å². The van der Waals surface area contributed by atoms with Crippen LogP contribution in [-0.2, 0) is 0 Å². The number of alkyl halides is 6. The van der Waals surface area contributed by atoms with E-state index in [0.29, 0.717) is 24.7 Å². The van der Waals surface area contributed by atoms with Gasteiger partial charge in [0.25, 0.3) is 0 Å². The molecule has 0 saturated heterocycles. The summed E-state index contributed by atoms with van der Waals surface area (Å²) in [6.07, 6.45) is 4.35. The van der Waals surface area contributed by atoms with Gasteiger partial charge in [-0.3, -0.25) is 0 Å². The summed E-state index contributed by atoms with van der Waals surface area (Å²) in [7, 11) is 0. The largest absolute Gasteiger partial charge is 0.389 e. The topological polar surface area (TPSA) is 0 Å². The molecule has 0 aliphatic heterocycles. The van der Waals surface area contributed by atoms with Gasteiger partial charge in [0.1, 0.15) is 0 Å². The fourth-order valence-corrected chi connectivity index (χ4v) is 3.21. The quantitative estimate of drug-likeness (QED) is 0.223. The van der Waals surface area contributed by atoms with Crippen LogP contribution in [0.25, 0.3) is 0 Å². The number of hydrogen-bond acceptors (Lipinski definition) is 0. The van der Waals surface area contributed by atoms with Crippen molar-refractivity contribution in [1.29, 1.82) is 0 Å². The molecule has 430 valence electrons. The van der Waals surface area contributed by atoms with Crippen molar-refractivity contribution >= 4 is 0 Å². The molecular formula is C62H140F6. The van der Waals surface area contributed by atoms with Crippen LogP contribution in [0.3, 0.4) is 0 Å². The molecule has 0 nitrogen and oxygen atoms in total. The minimum Gasteiger partial charge on any atom is -0.171 e. The summed E-state index contributed by atoms with van der Waals surface area (Å²) in [6, 6.07) is 0. The molecule has 0 radical (unpaired) electrons. The summed E-state index contributed by atoms with van der Waals surface area (Å²) in [4.78, 5) is 0. The molecule has 68 heavy (non-hydrogen) atoms. The summed E-state index contributed by atoms with van der Waals surface area (Å²) in [6.45, 7) is 60.3. The summed E-state index contributed by atoms with van der Waals surface area (Å²) in [5.74, 6) is 0.126. The third-order valence-corrected chi connectivity index (χ3v) is 7.90. The van der Waals surface area contributed by atoms with Crippen molar-refractivity contribution in [3.05, 3.63) is 0 Å². The standard InChI is InChI=1S/C7H14.2C6H11F3.C6H12.C6H14.2C5H12.4C4H10.C3H8.C2H6/c1-7-5-3-2-4-6-7;2*1-3-5(2)4-6(7,8)9;1-6-4-2-3-5-6;1-5-6(2,3)4;1-5(2,3)4;1-4-5(2)3;2*1-4(2)3;2*1-3-4-2;1-3-2;1-2/h7H,2-6H2,1H3;2*5H,3-4H2,1-2H3;6H,2-5H2,1H3;5H2,1-4H3;1-4H3;5H,4H2,1-3H3;2*4H,1-3H3;2*3-4H2,1-2H3;3H2,1-2H3;1-2H3/t;2*5-;;;;;;;;;;/m.00........../s1/i7D;;;6D;5D2;;4D2;4D;;3D2;;;. The van der Waals surface area contributed by atoms with Crippen molar-refractivity contribution in [1.82, 2.24) is 0 Å². The molecule has 6 heteroatoms. The highest BCUT2D eigenvalue weighted by molar-refractivity contribution is 4.61. The molecule has 2 saturated carbocycles. The van der Waals surface area contributed by atoms with Gasteiger partial charge in [-0.15, -0.1) is 0 Å². The first-order valence-corrected chi connectivity index (χ1v) is 27.3. The maximum absolute atomic E-state index is 11.5. The van der Waals surface area contributed by atoms with E-state index >= 15 is 0 Å². The van der Waals surface area contributed by atoms with Gasteiger partial charge in [-0.1, -0.05) is 330 Å². The fraction of sp³-hybridized carbons (Fsp3) is 1.00. The van der Waals surface area contributed by atoms with E-state index in [1.807, 2.05) is 90.0 Å². The molecule has 2 aliphatic carbocycles. The Balaban J connectivity index is -0.0000000691. The average Bonchev–Trinajstić information content (AvgIpc) is 3.59. The Morgan fingerprint density at radius 1 is 0.500 bits per heavy atom. The van der Waals surface area contributed by atoms with E-state index in [2.05, 4.69) is 76.2 Å². The molecule has 0 spiro atoms. The van der Waals surface area contributed by atoms with Crippen molar-refractivity contribution in [3.63, 3.8) is 0 Å². The highest BCUT2D eigenvalue weighted by Gasteiger charge is 2.29. The summed E-state index contributed by atoms with van der Waals surface area (Å²) in [5.41, 5.74) is 0.271. The minimum atomic E-state index is -3.98. The monoisotopic (exact) mass is 1010 g/mol. The molecular weight excluding hydrogens is 859 g/mol. The molecule has 2 rings (SSSR count). The zero-order valence-corrected chi connectivity index (χ0v) is 52.6. The molecule has 0 aromatic heterocycles. The van der Waals surface area contributed by atoms with E-state index in [1.54, 1.807) is 48.5 Å². The SMILES string of the molecule is CC.CC(C)(C)C.CC(C)C.CCC.CCCC.CC[C@H](C)CC(F)(F)F.CC[C@H](C)CC(F)(F)F.[2H]C(C)(C)C.[2H]C([2H])(C)C(C)(C)C.[2H]C([2H])(C)C(C)C.[2H]C([2H])(C)CC.[2H]C1(C)CCCC1.[2H]C1(C)CCCCC1. The first kappa shape index (κ1) is 69.7. The Labute approximate surface area is 445 Å². The van der Waals surface area contributed by atoms with E-state index in [0.717, 1.165) is 31.6 Å². The molecule has 0 bridgehead atoms. The molecule has 2 atom stereocenters. The zero-order chi connectivity index (χ0) is 65.3. The Bertz CT molecular complexity index is 1050. The van der Waals surface area contributed by atoms with Crippen LogP contribution < -0.4 is 0 Å². The highest BCUT2D eigenvalue weighted by atomic mass is 19.4. The van der Waals surface area contributed by atoms with Gasteiger partial charge >= 0.3 is 12.4 Å². The number of hydrogen-bond donors (Lipinski definition) is 0. The van der Waals surface area contributed by atoms with E-state index in [9.17, 15) is 26.3 Å². The fourth-order valence-electron chi connectivity index (χ4n) is 3.21. The van der Waals surface area contributed by atoms with Gasteiger partial charge in [0.15, 0.2) is 0 Å². The van der Waals surface area contributed by atoms with E-state index in [1.165, 1.54) is 51.4 Å². The Morgan fingerprint density at radius 3 is 0.735 bits per heavy atom. The minimum absolute atomic E-state index is 0.0556. The smallest absolute Gasteiger partial charge is 0.171 e. The van der Waals surface area contributed by atoms with Crippen molar-refractivity contribution in [3.8, 4) is 0 Å². The van der Waals surface area contributed by atoms with Crippen LogP contribution in [0.4, 0.5) is 26.3 Å². The number of rotatable bonds is 7. The van der Waals surface area contributed by atoms with Crippen LogP contribution in [-0.4, -0.2) is 12.4 Å². The Hall–Kier alpha value is -0.420. The van der Waals surface area contributed by atoms with E-state index in [4.69, 9.17) is 12.3 Å². The molecule has 0 N–H and O–H groups in total. The summed E-state index contributed by atoms with van der Waals surface area (Å²) < 4.78 is 133. The lowest BCUT2D eigenvalue weighted by Crippen LogP contribution is -2.12. The van der Waals surface area contributed by atoms with Crippen LogP contribution in [0.1, 0.15) is 355 Å². The summed E-state index contributed by atoms with van der Waals surface area (Å²) in [5, 5.41) is 0. The second-order valence-electron chi connectivity index (χ2n) is 21.9. The Morgan fingerprint density at radius 2 is 0.676 bits per heavy atom. The van der Waals surface area contributed by atoms with Crippen LogP contribution in [0.15, 0.2) is 0 Å². The Kier molecular flexibility index (Phi) is 70.3. The van der Waals surface area contributed by atoms with Gasteiger partial charge in [-0.2, -0.15) is 26.3 Å². The normalized spacial score (nSPS) is 17.6. The first-order chi connectivity index (χ1) is 33.6. The number of halogens is 6. The van der Waals surface area contributed by atoms with Gasteiger partial charge in [0.05, 0.1) is 0 Å². The van der Waals surface area contributed by atoms with Crippen LogP contribution in [0.5, 0.6) is 0 Å². The van der Waals surface area contributed by atoms with Crippen molar-refractivity contribution in [2.45, 2.75) is 355 Å². The molecule has 0 heterocycles. The molecule has 0 aromatic rings. The second kappa shape index (κ2) is 68.7. The maximum Gasteiger partial charge on any atom is 0.389 e. The molecule has 2 aliphatic rings. The highest BCUT2D eigenvalue weighted by Crippen LogP contribution is 2.27. The lowest BCUT2D eigenvalue weighted by molar-refractivity contribution is -0.144. The van der Waals surface area contributed by atoms with Gasteiger partial charge in [0.2, 0.25) is 0 Å². The van der Waals surface area contributed by atoms with Gasteiger partial charge < -0.3 is 0 Å². The van der Waals surface area contributed by atoms with Gasteiger partial charge in [-0.25, -0.2) is 0 Å². The first-order valence-electron chi connectivity index (χ1n) is 31.8. The predicted octanol–water partition coefficient (Wildman–Crippen LogP) is 26.7. The van der Waals surface area contributed by atoms with Crippen molar-refractivity contribution < 1.29 is 38.7 Å². The van der Waals surface area contributed by atoms with Crippen LogP contribution in [0.2, 0.25) is 0 Å². The third-order valence-electron chi connectivity index (χ3n) is 7.90. The summed E-state index contributed by atoms with van der Waals surface area (Å²) >= 11 is 0. The lowest BCUT2D eigenvalue weighted by Gasteiger charge is -2.15.